The quantitative estimate of drug-likeness (QED) is 0.540. The maximum Gasteiger partial charge on any atom is 0.263 e. The molecule has 1 atom stereocenters. The Morgan fingerprint density at radius 1 is 1.37 bits per heavy atom. The van der Waals surface area contributed by atoms with Crippen molar-refractivity contribution in [2.24, 2.45) is 5.92 Å². The van der Waals surface area contributed by atoms with Crippen LogP contribution in [0, 0.1) is 5.92 Å². The van der Waals surface area contributed by atoms with Gasteiger partial charge in [-0.2, -0.15) is 0 Å². The fourth-order valence-electron chi connectivity index (χ4n) is 2.93. The number of hydrogen-bond donors (Lipinski definition) is 1. The summed E-state index contributed by atoms with van der Waals surface area (Å²) in [5, 5.41) is 8.07. The number of carbonyl (C=O) groups excluding carboxylic acids is 1. The first kappa shape index (κ1) is 24.3. The molecule has 2 rings (SSSR count). The standard InChI is InChI=1S/C21H33N3O5S/c1-15(2)9-11-24-18-8-7-16(14-28-5)13-17(18)19(23-24)29-21(3,4)20(25)22-10-12-30(6,26)27/h7-8,13,15H,9-12,14H2,1-6H3,(H-,22,25,26,27). The number of benzene rings is 1. The average molecular weight is 440 g/mol. The Morgan fingerprint density at radius 2 is 2.07 bits per heavy atom. The van der Waals surface area contributed by atoms with Crippen LogP contribution in [0.1, 0.15) is 39.7 Å². The maximum atomic E-state index is 12.6. The number of carbonyl (C=O) groups is 1. The van der Waals surface area contributed by atoms with Crippen LogP contribution in [0.4, 0.5) is 0 Å². The van der Waals surface area contributed by atoms with Crippen molar-refractivity contribution in [3.63, 3.8) is 0 Å². The molecule has 0 fully saturated rings. The van der Waals surface area contributed by atoms with Crippen molar-refractivity contribution in [3.05, 3.63) is 23.8 Å². The Hall–Kier alpha value is -1.97. The van der Waals surface area contributed by atoms with E-state index in [4.69, 9.17) is 9.47 Å². The first-order valence-corrected chi connectivity index (χ1v) is 12.1. The van der Waals surface area contributed by atoms with Crippen LogP contribution in [0.2, 0.25) is 0 Å². The molecule has 1 aromatic heterocycles. The van der Waals surface area contributed by atoms with E-state index >= 15 is 0 Å². The summed E-state index contributed by atoms with van der Waals surface area (Å²) in [4.78, 5) is 12.6. The maximum absolute atomic E-state index is 12.6. The topological polar surface area (TPSA) is 106 Å². The highest BCUT2D eigenvalue weighted by atomic mass is 32.3. The number of nitrogens with zero attached hydrogens (tertiary/aromatic N) is 2. The molecular weight excluding hydrogens is 406 g/mol. The van der Waals surface area contributed by atoms with Gasteiger partial charge in [-0.05, 0) is 43.9 Å². The summed E-state index contributed by atoms with van der Waals surface area (Å²) in [7, 11) is -1.52. The van der Waals surface area contributed by atoms with Crippen molar-refractivity contribution in [2.45, 2.75) is 52.9 Å². The number of hydrogen-bond acceptors (Lipinski definition) is 6. The molecule has 1 amide bonds. The molecule has 0 bridgehead atoms. The van der Waals surface area contributed by atoms with Crippen LogP contribution in [-0.4, -0.2) is 51.5 Å². The van der Waals surface area contributed by atoms with Gasteiger partial charge in [-0.1, -0.05) is 19.9 Å². The number of aromatic nitrogens is 2. The fraction of sp³-hybridized carbons (Fsp3) is 0.619. The molecule has 1 N–H and O–H groups in total. The lowest BCUT2D eigenvalue weighted by atomic mass is 10.1. The summed E-state index contributed by atoms with van der Waals surface area (Å²) >= 11 is 0. The summed E-state index contributed by atoms with van der Waals surface area (Å²) in [5.41, 5.74) is 0.686. The molecule has 8 nitrogen and oxygen atoms in total. The molecule has 9 heteroatoms. The van der Waals surface area contributed by atoms with Crippen LogP contribution in [0.15, 0.2) is 18.2 Å². The number of aryl methyl sites for hydroxylation is 1. The minimum absolute atomic E-state index is 0.0338. The zero-order chi connectivity index (χ0) is 22.5. The van der Waals surface area contributed by atoms with Gasteiger partial charge in [0, 0.05) is 23.9 Å². The predicted octanol–water partition coefficient (Wildman–Crippen LogP) is 2.76. The van der Waals surface area contributed by atoms with Crippen LogP contribution in [0.25, 0.3) is 10.9 Å². The Morgan fingerprint density at radius 3 is 2.67 bits per heavy atom. The largest absolute Gasteiger partial charge is 0.615 e. The van der Waals surface area contributed by atoms with Crippen LogP contribution in [0.3, 0.4) is 0 Å². The smallest absolute Gasteiger partial charge is 0.263 e. The molecular formula is C21H33N3O5S. The van der Waals surface area contributed by atoms with Crippen molar-refractivity contribution in [2.75, 3.05) is 25.7 Å². The van der Waals surface area contributed by atoms with Crippen molar-refractivity contribution in [1.29, 1.82) is 0 Å². The number of ether oxygens (including phenoxy) is 2. The monoisotopic (exact) mass is 439 g/mol. The van der Waals surface area contributed by atoms with Crippen molar-refractivity contribution < 1.29 is 23.0 Å². The van der Waals surface area contributed by atoms with Gasteiger partial charge in [-0.25, -0.2) is 0 Å². The summed E-state index contributed by atoms with van der Waals surface area (Å²) in [6.45, 7) is 8.82. The molecule has 0 aliphatic rings. The summed E-state index contributed by atoms with van der Waals surface area (Å²) in [5.74, 6) is 0.375. The van der Waals surface area contributed by atoms with Crippen LogP contribution < -0.4 is 10.1 Å². The summed E-state index contributed by atoms with van der Waals surface area (Å²) in [6, 6.07) is 5.94. The van der Waals surface area contributed by atoms with Crippen molar-refractivity contribution in [3.8, 4) is 5.88 Å². The molecule has 168 valence electrons. The highest BCUT2D eigenvalue weighted by Gasteiger charge is 2.32. The lowest BCUT2D eigenvalue weighted by molar-refractivity contribution is -0.134. The van der Waals surface area contributed by atoms with Gasteiger partial charge in [0.1, 0.15) is 5.75 Å². The van der Waals surface area contributed by atoms with E-state index in [2.05, 4.69) is 24.3 Å². The zero-order valence-corrected chi connectivity index (χ0v) is 19.5. The van der Waals surface area contributed by atoms with Crippen molar-refractivity contribution >= 4 is 27.0 Å². The van der Waals surface area contributed by atoms with E-state index in [-0.39, 0.29) is 12.3 Å². The van der Waals surface area contributed by atoms with E-state index < -0.39 is 21.7 Å². The molecule has 0 aliphatic carbocycles. The highest BCUT2D eigenvalue weighted by Crippen LogP contribution is 2.30. The molecule has 0 saturated heterocycles. The predicted molar refractivity (Wildman–Crippen MR) is 117 cm³/mol. The van der Waals surface area contributed by atoms with Gasteiger partial charge in [-0.3, -0.25) is 9.48 Å². The van der Waals surface area contributed by atoms with E-state index in [1.165, 1.54) is 0 Å². The Labute approximate surface area is 179 Å². The Bertz CT molecular complexity index is 917. The van der Waals surface area contributed by atoms with Crippen LogP contribution in [0.5, 0.6) is 5.88 Å². The molecule has 0 saturated carbocycles. The normalized spacial score (nSPS) is 14.1. The second kappa shape index (κ2) is 9.89. The molecule has 1 unspecified atom stereocenters. The fourth-order valence-corrected chi connectivity index (χ4v) is 3.40. The Balaban J connectivity index is 2.28. The van der Waals surface area contributed by atoms with Gasteiger partial charge in [0.15, 0.2) is 5.60 Å². The average Bonchev–Trinajstić information content (AvgIpc) is 2.95. The van der Waals surface area contributed by atoms with Gasteiger partial charge in [0.25, 0.3) is 5.91 Å². The van der Waals surface area contributed by atoms with Crippen LogP contribution >= 0.6 is 0 Å². The molecule has 0 aliphatic heterocycles. The first-order valence-electron chi connectivity index (χ1n) is 10.1. The summed E-state index contributed by atoms with van der Waals surface area (Å²) in [6.07, 6.45) is 2.10. The SMILES string of the molecule is COCc1ccc2c(c1)c(OC(C)(C)C(=O)NCC[S+](C)(=O)[O-])nn2CCC(C)C. The van der Waals surface area contributed by atoms with E-state index in [9.17, 15) is 13.6 Å². The Kier molecular flexibility index (Phi) is 8.01. The third-order valence-corrected chi connectivity index (χ3v) is 5.61. The second-order valence-electron chi connectivity index (χ2n) is 8.49. The first-order chi connectivity index (χ1) is 13.9. The van der Waals surface area contributed by atoms with Gasteiger partial charge in [0.05, 0.1) is 30.3 Å². The molecule has 2 aromatic rings. The number of sulfone groups is 1. The van der Waals surface area contributed by atoms with E-state index in [0.29, 0.717) is 18.4 Å². The van der Waals surface area contributed by atoms with Gasteiger partial charge < -0.3 is 19.3 Å². The van der Waals surface area contributed by atoms with E-state index in [0.717, 1.165) is 35.7 Å². The van der Waals surface area contributed by atoms with Crippen LogP contribution in [-0.2, 0) is 37.1 Å². The third-order valence-electron chi connectivity index (χ3n) is 4.67. The minimum atomic E-state index is -3.16. The second-order valence-corrected chi connectivity index (χ2v) is 10.8. The highest BCUT2D eigenvalue weighted by molar-refractivity contribution is 7.96. The number of fused-ring (bicyclic) bond motifs is 1. The summed E-state index contributed by atoms with van der Waals surface area (Å²) < 4.78 is 35.8. The lowest BCUT2D eigenvalue weighted by Gasteiger charge is -2.24. The van der Waals surface area contributed by atoms with Gasteiger partial charge >= 0.3 is 0 Å². The minimum Gasteiger partial charge on any atom is -0.615 e. The van der Waals surface area contributed by atoms with Crippen molar-refractivity contribution in [1.82, 2.24) is 15.1 Å². The van der Waals surface area contributed by atoms with E-state index in [1.54, 1.807) is 21.0 Å². The number of nitrogens with one attached hydrogen (secondary N) is 1. The third kappa shape index (κ3) is 6.78. The lowest BCUT2D eigenvalue weighted by Crippen LogP contribution is -2.48. The van der Waals surface area contributed by atoms with Gasteiger partial charge in [0.2, 0.25) is 5.88 Å². The van der Waals surface area contributed by atoms with E-state index in [1.807, 2.05) is 22.9 Å². The number of rotatable bonds is 11. The van der Waals surface area contributed by atoms with Gasteiger partial charge in [-0.15, -0.1) is 9.31 Å². The molecule has 1 aromatic carbocycles. The number of amides is 1. The molecule has 1 heterocycles. The molecule has 30 heavy (non-hydrogen) atoms. The zero-order valence-electron chi connectivity index (χ0n) is 18.7. The number of methoxy groups -OCH3 is 1. The molecule has 0 spiro atoms. The molecule has 0 radical (unpaired) electrons.